The van der Waals surface area contributed by atoms with Crippen LogP contribution in [0.15, 0.2) is 174 Å². The van der Waals surface area contributed by atoms with Crippen LogP contribution in [0.2, 0.25) is 19.6 Å². The Morgan fingerprint density at radius 1 is 0.377 bits per heavy atom. The van der Waals surface area contributed by atoms with Crippen molar-refractivity contribution < 1.29 is 4.42 Å². The molecule has 53 heavy (non-hydrogen) atoms. The number of hydrogen-bond acceptors (Lipinski definition) is 4. The lowest BCUT2D eigenvalue weighted by atomic mass is 9.96. The Labute approximate surface area is 310 Å². The van der Waals surface area contributed by atoms with Crippen molar-refractivity contribution in [3.8, 4) is 67.5 Å². The molecule has 0 aliphatic heterocycles. The summed E-state index contributed by atoms with van der Waals surface area (Å²) >= 11 is 0. The van der Waals surface area contributed by atoms with Crippen molar-refractivity contribution in [2.75, 3.05) is 0 Å². The molecule has 2 aromatic heterocycles. The first-order chi connectivity index (χ1) is 25.9. The molecule has 5 heteroatoms. The summed E-state index contributed by atoms with van der Waals surface area (Å²) < 4.78 is 6.24. The van der Waals surface area contributed by atoms with Gasteiger partial charge in [0, 0.05) is 27.5 Å². The van der Waals surface area contributed by atoms with Gasteiger partial charge in [0.25, 0.3) is 0 Å². The predicted octanol–water partition coefficient (Wildman–Crippen LogP) is 12.3. The Bertz CT molecular complexity index is 2750. The fraction of sp³-hybridized carbons (Fsp3) is 0.0625. The van der Waals surface area contributed by atoms with Crippen molar-refractivity contribution in [1.29, 1.82) is 0 Å². The van der Waals surface area contributed by atoms with Crippen LogP contribution in [0.3, 0.4) is 0 Å². The van der Waals surface area contributed by atoms with Crippen LogP contribution in [0.25, 0.3) is 89.5 Å². The summed E-state index contributed by atoms with van der Waals surface area (Å²) in [4.78, 5) is 15.3. The molecular formula is C48H37N3OSi. The van der Waals surface area contributed by atoms with Crippen molar-refractivity contribution >= 4 is 35.2 Å². The fourth-order valence-electron chi connectivity index (χ4n) is 7.03. The second kappa shape index (κ2) is 13.3. The van der Waals surface area contributed by atoms with E-state index in [0.29, 0.717) is 17.5 Å². The molecule has 9 rings (SSSR count). The average molecular weight is 700 g/mol. The molecule has 0 aliphatic carbocycles. The minimum absolute atomic E-state index is 0.617. The van der Waals surface area contributed by atoms with Gasteiger partial charge in [-0.3, -0.25) is 0 Å². The fourth-order valence-corrected chi connectivity index (χ4v) is 8.20. The van der Waals surface area contributed by atoms with E-state index in [2.05, 4.69) is 159 Å². The highest BCUT2D eigenvalue weighted by Crippen LogP contribution is 2.37. The molecule has 0 atom stereocenters. The third kappa shape index (κ3) is 6.37. The quantitative estimate of drug-likeness (QED) is 0.155. The van der Waals surface area contributed by atoms with Crippen LogP contribution >= 0.6 is 0 Å². The lowest BCUT2D eigenvalue weighted by Crippen LogP contribution is -2.37. The maximum absolute atomic E-state index is 6.24. The number of aromatic nitrogens is 3. The van der Waals surface area contributed by atoms with Crippen LogP contribution < -0.4 is 5.19 Å². The van der Waals surface area contributed by atoms with E-state index >= 15 is 0 Å². The molecular weight excluding hydrogens is 663 g/mol. The van der Waals surface area contributed by atoms with Crippen molar-refractivity contribution in [3.63, 3.8) is 0 Å². The van der Waals surface area contributed by atoms with E-state index in [1.54, 1.807) is 0 Å². The zero-order chi connectivity index (χ0) is 35.9. The molecule has 7 aromatic carbocycles. The number of nitrogens with zero attached hydrogens (tertiary/aromatic N) is 3. The highest BCUT2D eigenvalue weighted by atomic mass is 28.3. The van der Waals surface area contributed by atoms with Gasteiger partial charge in [-0.05, 0) is 57.6 Å². The van der Waals surface area contributed by atoms with E-state index in [4.69, 9.17) is 19.4 Å². The van der Waals surface area contributed by atoms with E-state index in [1.807, 2.05) is 30.3 Å². The van der Waals surface area contributed by atoms with Crippen molar-refractivity contribution in [2.24, 2.45) is 0 Å². The summed E-state index contributed by atoms with van der Waals surface area (Å²) in [5.74, 6) is 1.89. The first-order valence-electron chi connectivity index (χ1n) is 18.0. The Kier molecular flexibility index (Phi) is 8.13. The Balaban J connectivity index is 1.11. The highest BCUT2D eigenvalue weighted by molar-refractivity contribution is 6.88. The van der Waals surface area contributed by atoms with Gasteiger partial charge in [0.1, 0.15) is 11.2 Å². The SMILES string of the molecule is C[Si](C)(C)c1ccc(-c2nc(-c3ccc(-c4cccc(-c5cccc(-c6ccccc6)c5)c4)cc3)nc(-c3cccc4oc5ccccc5c34)n2)cc1. The molecule has 0 radical (unpaired) electrons. The lowest BCUT2D eigenvalue weighted by Gasteiger charge is -2.16. The Morgan fingerprint density at radius 3 is 1.45 bits per heavy atom. The molecule has 254 valence electrons. The molecule has 0 unspecified atom stereocenters. The van der Waals surface area contributed by atoms with Gasteiger partial charge >= 0.3 is 0 Å². The maximum Gasteiger partial charge on any atom is 0.164 e. The van der Waals surface area contributed by atoms with Gasteiger partial charge in [0.2, 0.25) is 0 Å². The van der Waals surface area contributed by atoms with Crippen LogP contribution in [0, 0.1) is 0 Å². The molecule has 0 saturated heterocycles. The minimum Gasteiger partial charge on any atom is -0.456 e. The normalized spacial score (nSPS) is 11.7. The predicted molar refractivity (Wildman–Crippen MR) is 223 cm³/mol. The van der Waals surface area contributed by atoms with Gasteiger partial charge in [0.15, 0.2) is 17.5 Å². The van der Waals surface area contributed by atoms with Crippen LogP contribution in [-0.2, 0) is 0 Å². The Morgan fingerprint density at radius 2 is 0.830 bits per heavy atom. The zero-order valence-electron chi connectivity index (χ0n) is 29.9. The number of rotatable bonds is 7. The lowest BCUT2D eigenvalue weighted by molar-refractivity contribution is 0.669. The van der Waals surface area contributed by atoms with E-state index in [0.717, 1.165) is 49.8 Å². The molecule has 0 N–H and O–H groups in total. The van der Waals surface area contributed by atoms with Gasteiger partial charge in [-0.2, -0.15) is 0 Å². The summed E-state index contributed by atoms with van der Waals surface area (Å²) in [5.41, 5.74) is 11.5. The summed E-state index contributed by atoms with van der Waals surface area (Å²) in [7, 11) is -1.47. The summed E-state index contributed by atoms with van der Waals surface area (Å²) in [6, 6.07) is 59.5. The minimum atomic E-state index is -1.47. The van der Waals surface area contributed by atoms with Gasteiger partial charge in [-0.25, -0.2) is 15.0 Å². The number of fused-ring (bicyclic) bond motifs is 3. The topological polar surface area (TPSA) is 51.8 Å². The molecule has 4 nitrogen and oxygen atoms in total. The molecule has 0 saturated carbocycles. The average Bonchev–Trinajstić information content (AvgIpc) is 3.60. The van der Waals surface area contributed by atoms with Gasteiger partial charge in [-0.1, -0.05) is 170 Å². The van der Waals surface area contributed by atoms with Gasteiger partial charge in [0.05, 0.1) is 8.07 Å². The van der Waals surface area contributed by atoms with E-state index in [-0.39, 0.29) is 0 Å². The first-order valence-corrected chi connectivity index (χ1v) is 21.5. The number of hydrogen-bond donors (Lipinski definition) is 0. The third-order valence-corrected chi connectivity index (χ3v) is 12.0. The van der Waals surface area contributed by atoms with Gasteiger partial charge < -0.3 is 4.42 Å². The van der Waals surface area contributed by atoms with Crippen LogP contribution in [-0.4, -0.2) is 23.0 Å². The van der Waals surface area contributed by atoms with E-state index in [1.165, 1.54) is 27.4 Å². The molecule has 0 fully saturated rings. The largest absolute Gasteiger partial charge is 0.456 e. The molecule has 9 aromatic rings. The van der Waals surface area contributed by atoms with Crippen LogP contribution in [0.4, 0.5) is 0 Å². The standard InChI is InChI=1S/C48H37N3OSi/c1-53(2,3)40-28-26-35(27-29-40)47-49-46(50-48(51-47)42-19-11-21-44-45(42)41-18-7-8-20-43(41)52-44)34-24-22-33(23-25-34)37-15-10-17-39(31-37)38-16-9-14-36(30-38)32-12-5-4-6-13-32/h4-31H,1-3H3. The molecule has 0 aliphatic rings. The molecule has 2 heterocycles. The highest BCUT2D eigenvalue weighted by Gasteiger charge is 2.19. The smallest absolute Gasteiger partial charge is 0.164 e. The number of benzene rings is 7. The summed E-state index contributed by atoms with van der Waals surface area (Å²) in [6.07, 6.45) is 0. The van der Waals surface area contributed by atoms with Gasteiger partial charge in [-0.15, -0.1) is 0 Å². The van der Waals surface area contributed by atoms with Crippen LogP contribution in [0.5, 0.6) is 0 Å². The number of para-hydroxylation sites is 1. The van der Waals surface area contributed by atoms with E-state index in [9.17, 15) is 0 Å². The third-order valence-electron chi connectivity index (χ3n) is 9.93. The molecule has 0 amide bonds. The monoisotopic (exact) mass is 699 g/mol. The molecule has 0 spiro atoms. The first kappa shape index (κ1) is 32.5. The Hall–Kier alpha value is -6.43. The van der Waals surface area contributed by atoms with Crippen LogP contribution in [0.1, 0.15) is 0 Å². The van der Waals surface area contributed by atoms with E-state index < -0.39 is 8.07 Å². The van der Waals surface area contributed by atoms with Crippen molar-refractivity contribution in [3.05, 3.63) is 170 Å². The zero-order valence-corrected chi connectivity index (χ0v) is 30.9. The summed E-state index contributed by atoms with van der Waals surface area (Å²) in [6.45, 7) is 7.08. The van der Waals surface area contributed by atoms with Crippen molar-refractivity contribution in [2.45, 2.75) is 19.6 Å². The second-order valence-electron chi connectivity index (χ2n) is 14.5. The summed E-state index contributed by atoms with van der Waals surface area (Å²) in [5, 5.41) is 3.44. The number of furan rings is 1. The molecule has 0 bridgehead atoms. The second-order valence-corrected chi connectivity index (χ2v) is 19.6. The van der Waals surface area contributed by atoms with Crippen molar-refractivity contribution in [1.82, 2.24) is 15.0 Å². The maximum atomic E-state index is 6.24.